The third-order valence-electron chi connectivity index (χ3n) is 8.80. The van der Waals surface area contributed by atoms with Crippen LogP contribution in [-0.2, 0) is 27.4 Å². The molecule has 0 unspecified atom stereocenters. The summed E-state index contributed by atoms with van der Waals surface area (Å²) in [6, 6.07) is 8.44. The van der Waals surface area contributed by atoms with Gasteiger partial charge in [0.15, 0.2) is 0 Å². The van der Waals surface area contributed by atoms with Crippen molar-refractivity contribution in [2.45, 2.75) is 63.3 Å². The molecular weight excluding hydrogens is 541 g/mol. The summed E-state index contributed by atoms with van der Waals surface area (Å²) in [5, 5.41) is 2.77. The van der Waals surface area contributed by atoms with Gasteiger partial charge in [-0.05, 0) is 55.5 Å². The highest BCUT2D eigenvalue weighted by atomic mass is 19.1. The predicted molar refractivity (Wildman–Crippen MR) is 149 cm³/mol. The highest BCUT2D eigenvalue weighted by Gasteiger charge is 2.39. The maximum atomic E-state index is 15.5. The van der Waals surface area contributed by atoms with Crippen molar-refractivity contribution in [1.29, 1.82) is 0 Å². The highest BCUT2D eigenvalue weighted by molar-refractivity contribution is 6.05. The van der Waals surface area contributed by atoms with E-state index in [1.165, 1.54) is 4.90 Å². The first kappa shape index (κ1) is 26.9. The van der Waals surface area contributed by atoms with Crippen molar-refractivity contribution in [3.8, 4) is 5.75 Å². The van der Waals surface area contributed by atoms with E-state index in [4.69, 9.17) is 9.47 Å². The highest BCUT2D eigenvalue weighted by Crippen LogP contribution is 2.32. The summed E-state index contributed by atoms with van der Waals surface area (Å²) < 4.78 is 27.2. The zero-order valence-electron chi connectivity index (χ0n) is 23.2. The van der Waals surface area contributed by atoms with Crippen molar-refractivity contribution in [2.75, 3.05) is 26.3 Å². The molecule has 0 spiro atoms. The van der Waals surface area contributed by atoms with E-state index in [-0.39, 0.29) is 36.1 Å². The average Bonchev–Trinajstić information content (AvgIpc) is 3.58. The molecule has 7 rings (SSSR count). The van der Waals surface area contributed by atoms with Crippen molar-refractivity contribution in [3.05, 3.63) is 64.9 Å². The van der Waals surface area contributed by atoms with Crippen LogP contribution in [-0.4, -0.2) is 75.9 Å². The number of nitrogens with one attached hydrogen (secondary N) is 1. The van der Waals surface area contributed by atoms with Gasteiger partial charge in [-0.25, -0.2) is 14.4 Å². The van der Waals surface area contributed by atoms with E-state index in [9.17, 15) is 14.4 Å². The van der Waals surface area contributed by atoms with Gasteiger partial charge in [-0.1, -0.05) is 6.07 Å². The Balaban J connectivity index is 0.979. The minimum atomic E-state index is -0.647. The van der Waals surface area contributed by atoms with Crippen molar-refractivity contribution in [3.63, 3.8) is 0 Å². The van der Waals surface area contributed by atoms with Gasteiger partial charge in [0.05, 0.1) is 10.9 Å². The second-order valence-electron chi connectivity index (χ2n) is 11.6. The summed E-state index contributed by atoms with van der Waals surface area (Å²) in [7, 11) is 0. The molecule has 5 heterocycles. The lowest BCUT2D eigenvalue weighted by Gasteiger charge is -2.29. The van der Waals surface area contributed by atoms with Crippen LogP contribution in [0.25, 0.3) is 10.9 Å². The molecule has 4 aliphatic heterocycles. The number of likely N-dealkylation sites (tertiary alicyclic amines) is 1. The summed E-state index contributed by atoms with van der Waals surface area (Å²) in [5.41, 5.74) is 2.59. The number of rotatable bonds is 6. The minimum Gasteiger partial charge on any atom is -0.489 e. The molecule has 0 bridgehead atoms. The molecular formula is C31H32FN5O5. The molecule has 3 amide bonds. The van der Waals surface area contributed by atoms with Gasteiger partial charge in [0.25, 0.3) is 5.91 Å². The molecule has 1 N–H and O–H groups in total. The zero-order valence-corrected chi connectivity index (χ0v) is 23.2. The number of hydrogen-bond acceptors (Lipinski definition) is 8. The second kappa shape index (κ2) is 11.0. The number of carbonyl (C=O) groups is 3. The first-order chi connectivity index (χ1) is 20.4. The molecule has 4 aliphatic rings. The number of hydrogen-bond donors (Lipinski definition) is 1. The van der Waals surface area contributed by atoms with Crippen LogP contribution in [0.3, 0.4) is 0 Å². The number of aromatic nitrogens is 2. The maximum absolute atomic E-state index is 15.5. The van der Waals surface area contributed by atoms with E-state index < -0.39 is 11.9 Å². The van der Waals surface area contributed by atoms with Crippen LogP contribution in [0.15, 0.2) is 36.5 Å². The zero-order chi connectivity index (χ0) is 28.8. The Morgan fingerprint density at radius 2 is 1.93 bits per heavy atom. The third-order valence-corrected chi connectivity index (χ3v) is 8.80. The van der Waals surface area contributed by atoms with Gasteiger partial charge in [-0.3, -0.25) is 24.6 Å². The molecule has 0 aliphatic carbocycles. The Kier molecular flexibility index (Phi) is 7.07. The van der Waals surface area contributed by atoms with E-state index in [1.54, 1.807) is 18.3 Å². The molecule has 2 atom stereocenters. The molecule has 3 fully saturated rings. The Hall–Kier alpha value is -3.96. The average molecular weight is 574 g/mol. The minimum absolute atomic E-state index is 0.0692. The van der Waals surface area contributed by atoms with E-state index in [0.29, 0.717) is 67.0 Å². The Labute approximate surface area is 242 Å². The monoisotopic (exact) mass is 573 g/mol. The number of nitrogens with zero attached hydrogens (tertiary/aromatic N) is 4. The van der Waals surface area contributed by atoms with E-state index in [2.05, 4.69) is 20.2 Å². The normalized spacial score (nSPS) is 23.5. The Morgan fingerprint density at radius 1 is 1.07 bits per heavy atom. The van der Waals surface area contributed by atoms with Gasteiger partial charge in [-0.15, -0.1) is 0 Å². The molecule has 0 radical (unpaired) electrons. The molecule has 3 saturated heterocycles. The van der Waals surface area contributed by atoms with Gasteiger partial charge >= 0.3 is 0 Å². The SMILES string of the molecule is O=C1CC[C@H](N2Cc3cc(O[C@H]4CCN(Cc5ccc6nc(C7CCOCC7)ncc6c5F)C4)ccc3C2=O)C(=O)N1. The smallest absolute Gasteiger partial charge is 0.255 e. The van der Waals surface area contributed by atoms with Crippen molar-refractivity contribution >= 4 is 28.6 Å². The molecule has 42 heavy (non-hydrogen) atoms. The van der Waals surface area contributed by atoms with Gasteiger partial charge in [0.2, 0.25) is 11.8 Å². The largest absolute Gasteiger partial charge is 0.489 e. The lowest BCUT2D eigenvalue weighted by Crippen LogP contribution is -2.52. The summed E-state index contributed by atoms with van der Waals surface area (Å²) in [4.78, 5) is 49.7. The molecule has 0 saturated carbocycles. The van der Waals surface area contributed by atoms with Crippen molar-refractivity contribution in [2.24, 2.45) is 0 Å². The molecule has 3 aromatic rings. The lowest BCUT2D eigenvalue weighted by molar-refractivity contribution is -0.136. The first-order valence-electron chi connectivity index (χ1n) is 14.6. The number of benzene rings is 2. The van der Waals surface area contributed by atoms with Crippen molar-refractivity contribution in [1.82, 2.24) is 25.1 Å². The number of amides is 3. The quantitative estimate of drug-likeness (QED) is 0.448. The van der Waals surface area contributed by atoms with Crippen LogP contribution in [0.4, 0.5) is 4.39 Å². The van der Waals surface area contributed by atoms with E-state index >= 15 is 4.39 Å². The summed E-state index contributed by atoms with van der Waals surface area (Å²) in [6.45, 7) is 3.59. The number of piperidine rings is 1. The fourth-order valence-corrected chi connectivity index (χ4v) is 6.50. The molecule has 11 heteroatoms. The number of carbonyl (C=O) groups excluding carboxylic acids is 3. The lowest BCUT2D eigenvalue weighted by atomic mass is 9.99. The number of ether oxygens (including phenoxy) is 2. The molecule has 2 aromatic carbocycles. The second-order valence-corrected chi connectivity index (χ2v) is 11.6. The van der Waals surface area contributed by atoms with Gasteiger partial charge in [0.1, 0.15) is 29.5 Å². The fraction of sp³-hybridized carbons (Fsp3) is 0.452. The van der Waals surface area contributed by atoms with Crippen LogP contribution in [0.1, 0.15) is 65.3 Å². The molecule has 10 nitrogen and oxygen atoms in total. The Morgan fingerprint density at radius 3 is 2.76 bits per heavy atom. The number of fused-ring (bicyclic) bond motifs is 2. The third kappa shape index (κ3) is 5.11. The van der Waals surface area contributed by atoms with Crippen LogP contribution < -0.4 is 10.1 Å². The number of halogens is 1. The Bertz CT molecular complexity index is 1570. The molecule has 218 valence electrons. The summed E-state index contributed by atoms with van der Waals surface area (Å²) in [5.74, 6) is 0.455. The standard InChI is InChI=1S/C31H32FN5O5/c32-28-19(1-4-25-24(28)14-33-29(34-25)18-8-11-41-12-9-18)15-36-10-7-22(17-36)42-21-2-3-23-20(13-21)16-37(31(23)40)26-5-6-27(38)35-30(26)39/h1-4,13-14,18,22,26H,5-12,15-17H2,(H,35,38,39)/t22-,26-/m0/s1. The van der Waals surface area contributed by atoms with Gasteiger partial charge in [-0.2, -0.15) is 0 Å². The predicted octanol–water partition coefficient (Wildman–Crippen LogP) is 3.08. The van der Waals surface area contributed by atoms with Gasteiger partial charge in [0, 0.05) is 69.1 Å². The summed E-state index contributed by atoms with van der Waals surface area (Å²) >= 11 is 0. The fourth-order valence-electron chi connectivity index (χ4n) is 6.50. The molecule has 1 aromatic heterocycles. The van der Waals surface area contributed by atoms with E-state index in [1.807, 2.05) is 18.2 Å². The van der Waals surface area contributed by atoms with Crippen LogP contribution in [0.5, 0.6) is 5.75 Å². The van der Waals surface area contributed by atoms with E-state index in [0.717, 1.165) is 37.2 Å². The van der Waals surface area contributed by atoms with Crippen LogP contribution in [0.2, 0.25) is 0 Å². The summed E-state index contributed by atoms with van der Waals surface area (Å²) in [6.07, 6.45) is 4.65. The maximum Gasteiger partial charge on any atom is 0.255 e. The van der Waals surface area contributed by atoms with Crippen molar-refractivity contribution < 1.29 is 28.2 Å². The number of imide groups is 1. The van der Waals surface area contributed by atoms with Crippen LogP contribution in [0, 0.1) is 5.82 Å². The van der Waals surface area contributed by atoms with Crippen LogP contribution >= 0.6 is 0 Å². The topological polar surface area (TPSA) is 114 Å². The van der Waals surface area contributed by atoms with Gasteiger partial charge < -0.3 is 14.4 Å². The first-order valence-corrected chi connectivity index (χ1v) is 14.6.